The predicted molar refractivity (Wildman–Crippen MR) is 87.0 cm³/mol. The average molecular weight is 423 g/mol. The van der Waals surface area contributed by atoms with Gasteiger partial charge < -0.3 is 0 Å². The second-order valence-corrected chi connectivity index (χ2v) is 6.60. The van der Waals surface area contributed by atoms with Crippen LogP contribution in [0.15, 0.2) is 45.3 Å². The SMILES string of the molecule is NNC(Cc1ccc(F)cc1Cl)c1cc(Br)cc(Br)c1. The Hall–Kier alpha value is -0.460. The Morgan fingerprint density at radius 1 is 1.15 bits per heavy atom. The zero-order valence-corrected chi connectivity index (χ0v) is 14.3. The van der Waals surface area contributed by atoms with Crippen molar-refractivity contribution in [3.05, 3.63) is 67.3 Å². The third kappa shape index (κ3) is 4.02. The lowest BCUT2D eigenvalue weighted by atomic mass is 9.99. The molecule has 0 aliphatic heterocycles. The normalized spacial score (nSPS) is 12.4. The first-order valence-electron chi connectivity index (χ1n) is 5.85. The summed E-state index contributed by atoms with van der Waals surface area (Å²) in [7, 11) is 0. The molecule has 0 spiro atoms. The molecule has 0 bridgehead atoms. The van der Waals surface area contributed by atoms with Crippen LogP contribution in [0.25, 0.3) is 0 Å². The fourth-order valence-electron chi connectivity index (χ4n) is 1.96. The summed E-state index contributed by atoms with van der Waals surface area (Å²) >= 11 is 12.9. The summed E-state index contributed by atoms with van der Waals surface area (Å²) < 4.78 is 15.0. The van der Waals surface area contributed by atoms with Crippen molar-refractivity contribution in [1.29, 1.82) is 0 Å². The van der Waals surface area contributed by atoms with Gasteiger partial charge >= 0.3 is 0 Å². The van der Waals surface area contributed by atoms with Gasteiger partial charge in [0.15, 0.2) is 0 Å². The van der Waals surface area contributed by atoms with E-state index < -0.39 is 0 Å². The van der Waals surface area contributed by atoms with Gasteiger partial charge in [0, 0.05) is 14.0 Å². The second-order valence-electron chi connectivity index (χ2n) is 4.36. The van der Waals surface area contributed by atoms with E-state index in [-0.39, 0.29) is 11.9 Å². The van der Waals surface area contributed by atoms with Crippen molar-refractivity contribution in [2.75, 3.05) is 0 Å². The monoisotopic (exact) mass is 420 g/mol. The molecule has 106 valence electrons. The third-order valence-electron chi connectivity index (χ3n) is 2.93. The highest BCUT2D eigenvalue weighted by molar-refractivity contribution is 9.11. The fraction of sp³-hybridized carbons (Fsp3) is 0.143. The first-order chi connectivity index (χ1) is 9.49. The van der Waals surface area contributed by atoms with Gasteiger partial charge in [-0.25, -0.2) is 4.39 Å². The highest BCUT2D eigenvalue weighted by atomic mass is 79.9. The maximum atomic E-state index is 13.1. The number of nitrogens with two attached hydrogens (primary N) is 1. The average Bonchev–Trinajstić information content (AvgIpc) is 2.36. The Bertz CT molecular complexity index is 602. The molecule has 0 saturated carbocycles. The highest BCUT2D eigenvalue weighted by Gasteiger charge is 2.14. The molecule has 0 aliphatic rings. The van der Waals surface area contributed by atoms with E-state index in [2.05, 4.69) is 37.3 Å². The maximum absolute atomic E-state index is 13.1. The van der Waals surface area contributed by atoms with Gasteiger partial charge in [-0.3, -0.25) is 11.3 Å². The van der Waals surface area contributed by atoms with Gasteiger partial charge in [0.1, 0.15) is 5.82 Å². The van der Waals surface area contributed by atoms with Crippen LogP contribution in [0.4, 0.5) is 4.39 Å². The summed E-state index contributed by atoms with van der Waals surface area (Å²) in [5.74, 6) is 5.29. The van der Waals surface area contributed by atoms with Gasteiger partial charge in [-0.05, 0) is 47.9 Å². The van der Waals surface area contributed by atoms with E-state index in [1.54, 1.807) is 6.07 Å². The van der Waals surface area contributed by atoms with Crippen LogP contribution in [0.5, 0.6) is 0 Å². The predicted octanol–water partition coefficient (Wildman–Crippen LogP) is 4.75. The number of hydrazine groups is 1. The van der Waals surface area contributed by atoms with E-state index in [0.717, 1.165) is 20.1 Å². The van der Waals surface area contributed by atoms with Crippen LogP contribution in [0.2, 0.25) is 5.02 Å². The van der Waals surface area contributed by atoms with Crippen LogP contribution in [-0.2, 0) is 6.42 Å². The standard InChI is InChI=1S/C14H12Br2ClFN2/c15-10-3-9(4-11(16)6-10)14(20-19)5-8-1-2-12(18)7-13(8)17/h1-4,6-7,14,20H,5,19H2. The smallest absolute Gasteiger partial charge is 0.124 e. The van der Waals surface area contributed by atoms with Gasteiger partial charge in [-0.1, -0.05) is 49.5 Å². The number of nitrogens with one attached hydrogen (secondary N) is 1. The van der Waals surface area contributed by atoms with Crippen molar-refractivity contribution in [2.24, 2.45) is 5.84 Å². The molecule has 20 heavy (non-hydrogen) atoms. The number of hydrogen-bond acceptors (Lipinski definition) is 2. The molecule has 2 nitrogen and oxygen atoms in total. The first-order valence-corrected chi connectivity index (χ1v) is 7.82. The molecule has 1 unspecified atom stereocenters. The molecule has 0 heterocycles. The van der Waals surface area contributed by atoms with E-state index in [1.807, 2.05) is 18.2 Å². The van der Waals surface area contributed by atoms with Crippen LogP contribution in [0.3, 0.4) is 0 Å². The highest BCUT2D eigenvalue weighted by Crippen LogP contribution is 2.28. The summed E-state index contributed by atoms with van der Waals surface area (Å²) in [6, 6.07) is 10.2. The van der Waals surface area contributed by atoms with Crippen molar-refractivity contribution >= 4 is 43.5 Å². The van der Waals surface area contributed by atoms with Crippen molar-refractivity contribution in [2.45, 2.75) is 12.5 Å². The van der Waals surface area contributed by atoms with Crippen molar-refractivity contribution < 1.29 is 4.39 Å². The van der Waals surface area contributed by atoms with E-state index in [1.165, 1.54) is 12.1 Å². The number of rotatable bonds is 4. The summed E-state index contributed by atoms with van der Waals surface area (Å²) in [5, 5.41) is 0.402. The zero-order valence-electron chi connectivity index (χ0n) is 10.3. The Morgan fingerprint density at radius 3 is 2.35 bits per heavy atom. The molecule has 0 saturated heterocycles. The van der Waals surface area contributed by atoms with Crippen LogP contribution >= 0.6 is 43.5 Å². The molecule has 2 rings (SSSR count). The Kier molecular flexibility index (Phi) is 5.57. The lowest BCUT2D eigenvalue weighted by Crippen LogP contribution is -2.29. The molecule has 2 aromatic rings. The first kappa shape index (κ1) is 15.9. The summed E-state index contributed by atoms with van der Waals surface area (Å²) in [6.45, 7) is 0. The van der Waals surface area contributed by atoms with E-state index in [0.29, 0.717) is 11.4 Å². The largest absolute Gasteiger partial charge is 0.271 e. The molecule has 0 fully saturated rings. The van der Waals surface area contributed by atoms with Gasteiger partial charge in [0.25, 0.3) is 0 Å². The molecule has 0 radical (unpaired) electrons. The summed E-state index contributed by atoms with van der Waals surface area (Å²) in [6.07, 6.45) is 0.568. The van der Waals surface area contributed by atoms with Crippen LogP contribution in [0.1, 0.15) is 17.2 Å². The minimum absolute atomic E-state index is 0.119. The maximum Gasteiger partial charge on any atom is 0.124 e. The number of benzene rings is 2. The van der Waals surface area contributed by atoms with Crippen molar-refractivity contribution in [3.63, 3.8) is 0 Å². The summed E-state index contributed by atoms with van der Waals surface area (Å²) in [4.78, 5) is 0. The molecular weight excluding hydrogens is 410 g/mol. The third-order valence-corrected chi connectivity index (χ3v) is 4.20. The molecule has 6 heteroatoms. The zero-order chi connectivity index (χ0) is 14.7. The number of hydrogen-bond donors (Lipinski definition) is 2. The van der Waals surface area contributed by atoms with Gasteiger partial charge in [-0.2, -0.15) is 0 Å². The van der Waals surface area contributed by atoms with Gasteiger partial charge in [0.2, 0.25) is 0 Å². The molecule has 0 aromatic heterocycles. The molecule has 0 aliphatic carbocycles. The lowest BCUT2D eigenvalue weighted by Gasteiger charge is -2.18. The lowest BCUT2D eigenvalue weighted by molar-refractivity contribution is 0.550. The summed E-state index contributed by atoms with van der Waals surface area (Å²) in [5.41, 5.74) is 4.62. The fourth-order valence-corrected chi connectivity index (χ4v) is 3.53. The van der Waals surface area contributed by atoms with Crippen LogP contribution < -0.4 is 11.3 Å². The van der Waals surface area contributed by atoms with Crippen LogP contribution in [0, 0.1) is 5.82 Å². The van der Waals surface area contributed by atoms with Gasteiger partial charge in [-0.15, -0.1) is 0 Å². The van der Waals surface area contributed by atoms with E-state index >= 15 is 0 Å². The Balaban J connectivity index is 2.28. The van der Waals surface area contributed by atoms with E-state index in [9.17, 15) is 4.39 Å². The minimum Gasteiger partial charge on any atom is -0.271 e. The molecular formula is C14H12Br2ClFN2. The van der Waals surface area contributed by atoms with Crippen molar-refractivity contribution in [3.8, 4) is 0 Å². The second kappa shape index (κ2) is 7.00. The Morgan fingerprint density at radius 2 is 1.80 bits per heavy atom. The molecule has 2 aromatic carbocycles. The topological polar surface area (TPSA) is 38.0 Å². The van der Waals surface area contributed by atoms with Crippen molar-refractivity contribution in [1.82, 2.24) is 5.43 Å². The van der Waals surface area contributed by atoms with Crippen LogP contribution in [-0.4, -0.2) is 0 Å². The Labute approximate surface area is 138 Å². The number of halogens is 4. The minimum atomic E-state index is -0.346. The molecule has 3 N–H and O–H groups in total. The van der Waals surface area contributed by atoms with E-state index in [4.69, 9.17) is 17.4 Å². The quantitative estimate of drug-likeness (QED) is 0.551. The molecule has 1 atom stereocenters. The van der Waals surface area contributed by atoms with Gasteiger partial charge in [0.05, 0.1) is 6.04 Å². The molecule has 0 amide bonds.